The molecule has 0 aromatic carbocycles. The second-order valence-electron chi connectivity index (χ2n) is 4.38. The maximum absolute atomic E-state index is 11.7. The molecular formula is C13H24ClN3OS. The van der Waals surface area contributed by atoms with Crippen molar-refractivity contribution < 1.29 is 4.79 Å². The Hall–Kier alpha value is -0.650. The standard InChI is InChI=1S/C13H23N3OS.ClH/c1-3-11-10(2)18-13(15-11)16-12(17)8-6-4-5-7-9-14;/h3-9,14H2,1-2H3,(H,15,16,17);1H. The molecule has 0 aliphatic rings. The number of carbonyl (C=O) groups is 1. The highest BCUT2D eigenvalue weighted by atomic mass is 35.5. The summed E-state index contributed by atoms with van der Waals surface area (Å²) in [6.45, 7) is 4.86. The monoisotopic (exact) mass is 305 g/mol. The molecule has 6 heteroatoms. The zero-order chi connectivity index (χ0) is 13.4. The number of hydrogen-bond donors (Lipinski definition) is 2. The summed E-state index contributed by atoms with van der Waals surface area (Å²) in [5.74, 6) is 0.0687. The molecule has 0 radical (unpaired) electrons. The van der Waals surface area contributed by atoms with E-state index in [2.05, 4.69) is 17.2 Å². The van der Waals surface area contributed by atoms with Crippen molar-refractivity contribution >= 4 is 34.8 Å². The number of hydrogen-bond acceptors (Lipinski definition) is 4. The summed E-state index contributed by atoms with van der Waals surface area (Å²) in [5.41, 5.74) is 6.50. The molecule has 1 amide bonds. The molecule has 0 atom stereocenters. The second-order valence-corrected chi connectivity index (χ2v) is 5.58. The number of thiazole rings is 1. The zero-order valence-electron chi connectivity index (χ0n) is 11.7. The van der Waals surface area contributed by atoms with Crippen LogP contribution < -0.4 is 11.1 Å². The lowest BCUT2D eigenvalue weighted by Gasteiger charge is -2.01. The van der Waals surface area contributed by atoms with Gasteiger partial charge in [0.1, 0.15) is 0 Å². The molecule has 110 valence electrons. The Labute approximate surface area is 125 Å². The van der Waals surface area contributed by atoms with Gasteiger partial charge in [0.15, 0.2) is 5.13 Å². The smallest absolute Gasteiger partial charge is 0.226 e. The quantitative estimate of drug-likeness (QED) is 0.724. The number of rotatable bonds is 8. The first-order chi connectivity index (χ1) is 8.67. The third kappa shape index (κ3) is 6.89. The summed E-state index contributed by atoms with van der Waals surface area (Å²) < 4.78 is 0. The fourth-order valence-corrected chi connectivity index (χ4v) is 2.69. The molecule has 1 heterocycles. The molecule has 1 aromatic rings. The molecule has 1 aromatic heterocycles. The highest BCUT2D eigenvalue weighted by Crippen LogP contribution is 2.22. The van der Waals surface area contributed by atoms with E-state index in [4.69, 9.17) is 5.73 Å². The molecule has 0 bridgehead atoms. The van der Waals surface area contributed by atoms with Gasteiger partial charge in [-0.05, 0) is 32.7 Å². The molecular weight excluding hydrogens is 282 g/mol. The van der Waals surface area contributed by atoms with E-state index in [-0.39, 0.29) is 18.3 Å². The van der Waals surface area contributed by atoms with Crippen molar-refractivity contribution in [3.05, 3.63) is 10.6 Å². The van der Waals surface area contributed by atoms with Crippen molar-refractivity contribution in [3.63, 3.8) is 0 Å². The van der Waals surface area contributed by atoms with Crippen LogP contribution in [0.25, 0.3) is 0 Å². The van der Waals surface area contributed by atoms with Crippen LogP contribution in [0.3, 0.4) is 0 Å². The summed E-state index contributed by atoms with van der Waals surface area (Å²) >= 11 is 1.56. The fraction of sp³-hybridized carbons (Fsp3) is 0.692. The average Bonchev–Trinajstić information content (AvgIpc) is 2.69. The maximum Gasteiger partial charge on any atom is 0.226 e. The molecule has 0 saturated heterocycles. The number of nitrogens with zero attached hydrogens (tertiary/aromatic N) is 1. The SMILES string of the molecule is CCc1nc(NC(=O)CCCCCCN)sc1C.Cl. The van der Waals surface area contributed by atoms with Crippen LogP contribution in [0.2, 0.25) is 0 Å². The normalized spacial score (nSPS) is 10.1. The van der Waals surface area contributed by atoms with Gasteiger partial charge < -0.3 is 11.1 Å². The topological polar surface area (TPSA) is 68.0 Å². The predicted molar refractivity (Wildman–Crippen MR) is 84.2 cm³/mol. The first kappa shape index (κ1) is 18.4. The minimum atomic E-state index is 0. The van der Waals surface area contributed by atoms with Crippen molar-refractivity contribution in [1.82, 2.24) is 4.98 Å². The number of unbranched alkanes of at least 4 members (excludes halogenated alkanes) is 3. The van der Waals surface area contributed by atoms with E-state index in [1.807, 2.05) is 6.92 Å². The summed E-state index contributed by atoms with van der Waals surface area (Å²) in [6.07, 6.45) is 5.65. The van der Waals surface area contributed by atoms with Gasteiger partial charge in [0, 0.05) is 11.3 Å². The molecule has 19 heavy (non-hydrogen) atoms. The van der Waals surface area contributed by atoms with E-state index in [1.165, 1.54) is 4.88 Å². The first-order valence-electron chi connectivity index (χ1n) is 6.63. The molecule has 0 aliphatic heterocycles. The Balaban J connectivity index is 0.00000324. The van der Waals surface area contributed by atoms with Crippen molar-refractivity contribution in [2.45, 2.75) is 52.4 Å². The molecule has 1 rings (SSSR count). The summed E-state index contributed by atoms with van der Waals surface area (Å²) in [4.78, 5) is 17.3. The van der Waals surface area contributed by atoms with Crippen LogP contribution in [0.15, 0.2) is 0 Å². The van der Waals surface area contributed by atoms with Crippen molar-refractivity contribution in [3.8, 4) is 0 Å². The molecule has 3 N–H and O–H groups in total. The third-order valence-electron chi connectivity index (χ3n) is 2.83. The van der Waals surface area contributed by atoms with Gasteiger partial charge in [-0.15, -0.1) is 23.7 Å². The predicted octanol–water partition coefficient (Wildman–Crippen LogP) is 3.28. The maximum atomic E-state index is 11.7. The van der Waals surface area contributed by atoms with Crippen LogP contribution in [0.1, 0.15) is 49.6 Å². The van der Waals surface area contributed by atoms with E-state index >= 15 is 0 Å². The van der Waals surface area contributed by atoms with Gasteiger partial charge in [0.25, 0.3) is 0 Å². The number of nitrogens with two attached hydrogens (primary N) is 1. The van der Waals surface area contributed by atoms with Gasteiger partial charge in [-0.1, -0.05) is 19.8 Å². The first-order valence-corrected chi connectivity index (χ1v) is 7.45. The zero-order valence-corrected chi connectivity index (χ0v) is 13.3. The second kappa shape index (κ2) is 10.2. The number of carbonyl (C=O) groups excluding carboxylic acids is 1. The lowest BCUT2D eigenvalue weighted by atomic mass is 10.1. The van der Waals surface area contributed by atoms with Crippen molar-refractivity contribution in [1.29, 1.82) is 0 Å². The third-order valence-corrected chi connectivity index (χ3v) is 3.76. The van der Waals surface area contributed by atoms with Crippen molar-refractivity contribution in [2.75, 3.05) is 11.9 Å². The van der Waals surface area contributed by atoms with Gasteiger partial charge in [0.05, 0.1) is 5.69 Å². The molecule has 0 aliphatic carbocycles. The van der Waals surface area contributed by atoms with Crippen LogP contribution in [0.4, 0.5) is 5.13 Å². The highest BCUT2D eigenvalue weighted by Gasteiger charge is 2.08. The lowest BCUT2D eigenvalue weighted by molar-refractivity contribution is -0.116. The molecule has 0 unspecified atom stereocenters. The minimum Gasteiger partial charge on any atom is -0.330 e. The van der Waals surface area contributed by atoms with E-state index in [1.54, 1.807) is 11.3 Å². The van der Waals surface area contributed by atoms with E-state index < -0.39 is 0 Å². The number of aryl methyl sites for hydroxylation is 2. The highest BCUT2D eigenvalue weighted by molar-refractivity contribution is 7.15. The van der Waals surface area contributed by atoms with E-state index in [9.17, 15) is 4.79 Å². The number of amides is 1. The summed E-state index contributed by atoms with van der Waals surface area (Å²) in [5, 5.41) is 3.60. The minimum absolute atomic E-state index is 0. The van der Waals surface area contributed by atoms with Crippen LogP contribution in [0, 0.1) is 6.92 Å². The van der Waals surface area contributed by atoms with Gasteiger partial charge in [0.2, 0.25) is 5.91 Å². The van der Waals surface area contributed by atoms with Crippen LogP contribution in [-0.4, -0.2) is 17.4 Å². The van der Waals surface area contributed by atoms with Crippen molar-refractivity contribution in [2.24, 2.45) is 5.73 Å². The Bertz CT molecular complexity index is 382. The molecule has 0 spiro atoms. The number of anilines is 1. The Morgan fingerprint density at radius 3 is 2.58 bits per heavy atom. The summed E-state index contributed by atoms with van der Waals surface area (Å²) in [6, 6.07) is 0. The largest absolute Gasteiger partial charge is 0.330 e. The number of halogens is 1. The van der Waals surface area contributed by atoms with E-state index in [0.29, 0.717) is 6.42 Å². The molecule has 4 nitrogen and oxygen atoms in total. The van der Waals surface area contributed by atoms with Gasteiger partial charge in [-0.2, -0.15) is 0 Å². The lowest BCUT2D eigenvalue weighted by Crippen LogP contribution is -2.11. The van der Waals surface area contributed by atoms with Crippen LogP contribution >= 0.6 is 23.7 Å². The number of nitrogens with one attached hydrogen (secondary N) is 1. The molecule has 0 saturated carbocycles. The Morgan fingerprint density at radius 2 is 2.00 bits per heavy atom. The van der Waals surface area contributed by atoms with Gasteiger partial charge >= 0.3 is 0 Å². The Morgan fingerprint density at radius 1 is 1.32 bits per heavy atom. The average molecular weight is 306 g/mol. The van der Waals surface area contributed by atoms with Gasteiger partial charge in [-0.25, -0.2) is 4.98 Å². The Kier molecular flexibility index (Phi) is 9.83. The van der Waals surface area contributed by atoms with Crippen LogP contribution in [-0.2, 0) is 11.2 Å². The van der Waals surface area contributed by atoms with Gasteiger partial charge in [-0.3, -0.25) is 4.79 Å². The summed E-state index contributed by atoms with van der Waals surface area (Å²) in [7, 11) is 0. The number of aromatic nitrogens is 1. The van der Waals surface area contributed by atoms with Crippen LogP contribution in [0.5, 0.6) is 0 Å². The van der Waals surface area contributed by atoms with E-state index in [0.717, 1.165) is 49.5 Å². The fourth-order valence-electron chi connectivity index (χ4n) is 1.77. The molecule has 0 fully saturated rings.